The number of hydrogen-bond acceptors (Lipinski definition) is 6. The Labute approximate surface area is 410 Å². The third kappa shape index (κ3) is 52.6. The Kier molecular flexibility index (Phi) is 53.2. The van der Waals surface area contributed by atoms with Crippen LogP contribution in [0.4, 0.5) is 0 Å². The number of rotatable bonds is 53. The highest BCUT2D eigenvalue weighted by Gasteiger charge is 2.19. The third-order valence-corrected chi connectivity index (χ3v) is 12.9. The van der Waals surface area contributed by atoms with E-state index in [4.69, 9.17) is 14.2 Å². The fourth-order valence-corrected chi connectivity index (χ4v) is 8.46. The van der Waals surface area contributed by atoms with Crippen LogP contribution in [-0.2, 0) is 28.6 Å². The van der Waals surface area contributed by atoms with Crippen LogP contribution in [0.25, 0.3) is 0 Å². The molecule has 0 radical (unpaired) electrons. The molecule has 0 N–H and O–H groups in total. The van der Waals surface area contributed by atoms with Gasteiger partial charge in [-0.05, 0) is 70.6 Å². The minimum atomic E-state index is -0.776. The van der Waals surface area contributed by atoms with Gasteiger partial charge in [-0.15, -0.1) is 0 Å². The molecule has 0 amide bonds. The summed E-state index contributed by atoms with van der Waals surface area (Å²) in [6.07, 6.45) is 65.7. The van der Waals surface area contributed by atoms with Gasteiger partial charge in [0.2, 0.25) is 0 Å². The van der Waals surface area contributed by atoms with Crippen molar-refractivity contribution in [2.45, 2.75) is 316 Å². The first-order chi connectivity index (χ1) is 32.5. The number of carbonyl (C=O) groups is 3. The Hall–Kier alpha value is -2.37. The van der Waals surface area contributed by atoms with E-state index in [0.717, 1.165) is 77.0 Å². The summed E-state index contributed by atoms with van der Waals surface area (Å²) in [6, 6.07) is 0. The monoisotopic (exact) mass is 927 g/mol. The van der Waals surface area contributed by atoms with Gasteiger partial charge in [-0.1, -0.05) is 256 Å². The van der Waals surface area contributed by atoms with Crippen molar-refractivity contribution in [2.75, 3.05) is 13.2 Å². The zero-order valence-corrected chi connectivity index (χ0v) is 44.2. The first-order valence-corrected chi connectivity index (χ1v) is 29.0. The van der Waals surface area contributed by atoms with Crippen LogP contribution in [0.5, 0.6) is 0 Å². The average molecular weight is 928 g/mol. The second-order valence-corrected chi connectivity index (χ2v) is 19.6. The first kappa shape index (κ1) is 63.6. The van der Waals surface area contributed by atoms with E-state index in [1.54, 1.807) is 0 Å². The smallest absolute Gasteiger partial charge is 0.306 e. The fourth-order valence-electron chi connectivity index (χ4n) is 8.46. The van der Waals surface area contributed by atoms with Gasteiger partial charge in [-0.2, -0.15) is 0 Å². The quantitative estimate of drug-likeness (QED) is 0.0262. The van der Waals surface area contributed by atoms with Crippen LogP contribution in [0, 0.1) is 0 Å². The number of esters is 3. The molecule has 386 valence electrons. The summed E-state index contributed by atoms with van der Waals surface area (Å²) in [5, 5.41) is 0. The third-order valence-electron chi connectivity index (χ3n) is 12.9. The Balaban J connectivity index is 4.29. The zero-order chi connectivity index (χ0) is 47.9. The molecular formula is C60H110O6. The van der Waals surface area contributed by atoms with E-state index >= 15 is 0 Å². The molecule has 0 aromatic rings. The van der Waals surface area contributed by atoms with E-state index in [1.165, 1.54) is 193 Å². The summed E-state index contributed by atoms with van der Waals surface area (Å²) >= 11 is 0. The molecule has 0 bridgehead atoms. The Bertz CT molecular complexity index is 1110. The Morgan fingerprint density at radius 1 is 0.303 bits per heavy atom. The summed E-state index contributed by atoms with van der Waals surface area (Å²) in [7, 11) is 0. The topological polar surface area (TPSA) is 78.9 Å². The van der Waals surface area contributed by atoms with E-state index in [2.05, 4.69) is 57.2 Å². The van der Waals surface area contributed by atoms with Gasteiger partial charge in [0.05, 0.1) is 0 Å². The standard InChI is InChI=1S/C60H110O6/c1-4-7-10-13-16-19-22-24-26-28-29-30-32-33-35-38-41-44-47-50-53-59(62)65-56-57(55-64-58(61)52-49-46-43-40-37-21-18-15-12-9-6-3)66-60(63)54-51-48-45-42-39-36-34-31-27-25-23-20-17-14-11-8-5-2/h15,17-18,20,25,27,57H,4-14,16,19,21-24,26,28-56H2,1-3H3/b18-15-,20-17-,27-25-. The molecule has 6 heteroatoms. The minimum absolute atomic E-state index is 0.0745. The van der Waals surface area contributed by atoms with Gasteiger partial charge < -0.3 is 14.2 Å². The van der Waals surface area contributed by atoms with E-state index in [0.29, 0.717) is 19.3 Å². The van der Waals surface area contributed by atoms with Crippen molar-refractivity contribution < 1.29 is 28.6 Å². The van der Waals surface area contributed by atoms with Crippen molar-refractivity contribution in [1.82, 2.24) is 0 Å². The molecule has 0 aliphatic rings. The highest BCUT2D eigenvalue weighted by Crippen LogP contribution is 2.17. The van der Waals surface area contributed by atoms with E-state index in [9.17, 15) is 14.4 Å². The first-order valence-electron chi connectivity index (χ1n) is 29.0. The minimum Gasteiger partial charge on any atom is -0.462 e. The number of unbranched alkanes of at least 4 members (excludes halogenated alkanes) is 36. The molecular weight excluding hydrogens is 817 g/mol. The van der Waals surface area contributed by atoms with Crippen molar-refractivity contribution in [3.05, 3.63) is 36.5 Å². The lowest BCUT2D eigenvalue weighted by molar-refractivity contribution is -0.167. The summed E-state index contributed by atoms with van der Waals surface area (Å²) in [4.78, 5) is 38.1. The van der Waals surface area contributed by atoms with Crippen molar-refractivity contribution in [3.63, 3.8) is 0 Å². The fraction of sp³-hybridized carbons (Fsp3) is 0.850. The Morgan fingerprint density at radius 3 is 0.924 bits per heavy atom. The van der Waals surface area contributed by atoms with Gasteiger partial charge in [-0.3, -0.25) is 14.4 Å². The van der Waals surface area contributed by atoms with Crippen LogP contribution in [0.15, 0.2) is 36.5 Å². The van der Waals surface area contributed by atoms with Crippen molar-refractivity contribution in [2.24, 2.45) is 0 Å². The maximum Gasteiger partial charge on any atom is 0.306 e. The maximum absolute atomic E-state index is 12.8. The molecule has 0 aromatic carbocycles. The van der Waals surface area contributed by atoms with E-state index in [1.807, 2.05) is 0 Å². The highest BCUT2D eigenvalue weighted by molar-refractivity contribution is 5.71. The predicted octanol–water partition coefficient (Wildman–Crippen LogP) is 19.3. The summed E-state index contributed by atoms with van der Waals surface area (Å²) in [6.45, 7) is 6.60. The Morgan fingerprint density at radius 2 is 0.561 bits per heavy atom. The van der Waals surface area contributed by atoms with Gasteiger partial charge in [0, 0.05) is 19.3 Å². The molecule has 0 fully saturated rings. The number of hydrogen-bond donors (Lipinski definition) is 0. The van der Waals surface area contributed by atoms with Crippen LogP contribution in [0.3, 0.4) is 0 Å². The molecule has 0 aliphatic heterocycles. The van der Waals surface area contributed by atoms with Crippen LogP contribution < -0.4 is 0 Å². The van der Waals surface area contributed by atoms with Crippen molar-refractivity contribution in [3.8, 4) is 0 Å². The van der Waals surface area contributed by atoms with Crippen LogP contribution in [0.2, 0.25) is 0 Å². The molecule has 66 heavy (non-hydrogen) atoms. The van der Waals surface area contributed by atoms with E-state index < -0.39 is 6.10 Å². The van der Waals surface area contributed by atoms with Gasteiger partial charge in [0.25, 0.3) is 0 Å². The second-order valence-electron chi connectivity index (χ2n) is 19.6. The van der Waals surface area contributed by atoms with Crippen molar-refractivity contribution in [1.29, 1.82) is 0 Å². The second kappa shape index (κ2) is 55.2. The number of carbonyl (C=O) groups excluding carboxylic acids is 3. The van der Waals surface area contributed by atoms with Gasteiger partial charge >= 0.3 is 17.9 Å². The predicted molar refractivity (Wildman–Crippen MR) is 284 cm³/mol. The molecule has 6 nitrogen and oxygen atoms in total. The van der Waals surface area contributed by atoms with E-state index in [-0.39, 0.29) is 31.1 Å². The normalized spacial score (nSPS) is 12.2. The summed E-state index contributed by atoms with van der Waals surface area (Å²) in [5.74, 6) is -0.876. The molecule has 0 saturated carbocycles. The molecule has 1 atom stereocenters. The lowest BCUT2D eigenvalue weighted by atomic mass is 10.0. The highest BCUT2D eigenvalue weighted by atomic mass is 16.6. The number of allylic oxidation sites excluding steroid dienone is 6. The summed E-state index contributed by atoms with van der Waals surface area (Å²) in [5.41, 5.74) is 0. The number of ether oxygens (including phenoxy) is 3. The lowest BCUT2D eigenvalue weighted by Gasteiger charge is -2.18. The van der Waals surface area contributed by atoms with Gasteiger partial charge in [0.1, 0.15) is 13.2 Å². The zero-order valence-electron chi connectivity index (χ0n) is 44.2. The maximum atomic E-state index is 12.8. The lowest BCUT2D eigenvalue weighted by Crippen LogP contribution is -2.30. The molecule has 0 aromatic heterocycles. The molecule has 0 aliphatic carbocycles. The molecule has 0 saturated heterocycles. The van der Waals surface area contributed by atoms with Crippen LogP contribution >= 0.6 is 0 Å². The van der Waals surface area contributed by atoms with Gasteiger partial charge in [0.15, 0.2) is 6.10 Å². The average Bonchev–Trinajstić information content (AvgIpc) is 3.31. The van der Waals surface area contributed by atoms with Gasteiger partial charge in [-0.25, -0.2) is 0 Å². The largest absolute Gasteiger partial charge is 0.462 e. The van der Waals surface area contributed by atoms with Crippen LogP contribution in [0.1, 0.15) is 310 Å². The van der Waals surface area contributed by atoms with Crippen LogP contribution in [-0.4, -0.2) is 37.2 Å². The molecule has 1 unspecified atom stereocenters. The SMILES string of the molecule is CCCC/C=C\CCCCCCCC(=O)OCC(COC(=O)CCCCCCCCCCCCCCCCCCCCCC)OC(=O)CCCCCCCCC/C=C\C/C=C\CCCCC. The molecule has 0 rings (SSSR count). The van der Waals surface area contributed by atoms with Crippen molar-refractivity contribution >= 4 is 17.9 Å². The molecule has 0 spiro atoms. The molecule has 0 heterocycles. The summed E-state index contributed by atoms with van der Waals surface area (Å²) < 4.78 is 16.8.